The summed E-state index contributed by atoms with van der Waals surface area (Å²) in [6.07, 6.45) is 0. The zero-order chi connectivity index (χ0) is 11.4. The van der Waals surface area contributed by atoms with Gasteiger partial charge in [-0.25, -0.2) is 0 Å². The number of benzene rings is 1. The van der Waals surface area contributed by atoms with E-state index in [1.54, 1.807) is 7.05 Å². The first kappa shape index (κ1) is 12.5. The second kappa shape index (κ2) is 5.51. The maximum atomic E-state index is 11.3. The van der Waals surface area contributed by atoms with E-state index in [1.165, 1.54) is 0 Å². The predicted octanol–water partition coefficient (Wildman–Crippen LogP) is 2.76. The Labute approximate surface area is 106 Å². The lowest BCUT2D eigenvalue weighted by atomic mass is 10.2. The van der Waals surface area contributed by atoms with Crippen LogP contribution in [0.4, 0.5) is 5.69 Å². The van der Waals surface area contributed by atoms with E-state index in [0.717, 1.165) is 14.6 Å². The Balaban J connectivity index is 2.85. The molecule has 0 saturated carbocycles. The van der Waals surface area contributed by atoms with Gasteiger partial charge in [0.05, 0.1) is 5.69 Å². The highest BCUT2D eigenvalue weighted by molar-refractivity contribution is 9.11. The molecule has 0 fully saturated rings. The summed E-state index contributed by atoms with van der Waals surface area (Å²) in [6.45, 7) is 1.81. The van der Waals surface area contributed by atoms with Gasteiger partial charge < -0.3 is 10.6 Å². The maximum absolute atomic E-state index is 11.3. The summed E-state index contributed by atoms with van der Waals surface area (Å²) in [5.74, 6) is -0.0438. The van der Waals surface area contributed by atoms with Crippen molar-refractivity contribution < 1.29 is 4.79 Å². The molecule has 1 aromatic rings. The van der Waals surface area contributed by atoms with Crippen LogP contribution in [0.5, 0.6) is 0 Å². The van der Waals surface area contributed by atoms with Crippen molar-refractivity contribution >= 4 is 43.5 Å². The average Bonchev–Trinajstić information content (AvgIpc) is 2.22. The van der Waals surface area contributed by atoms with Gasteiger partial charge in [0.25, 0.3) is 0 Å². The number of amides is 1. The maximum Gasteiger partial charge on any atom is 0.241 e. The smallest absolute Gasteiger partial charge is 0.241 e. The zero-order valence-electron chi connectivity index (χ0n) is 8.47. The molecule has 0 aromatic heterocycles. The first-order chi connectivity index (χ1) is 7.06. The number of hydrogen-bond acceptors (Lipinski definition) is 2. The Hall–Kier alpha value is -0.550. The molecule has 82 valence electrons. The molecule has 0 saturated heterocycles. The highest BCUT2D eigenvalue weighted by Crippen LogP contribution is 2.30. The zero-order valence-corrected chi connectivity index (χ0v) is 11.6. The van der Waals surface area contributed by atoms with E-state index in [9.17, 15) is 4.79 Å². The fraction of sp³-hybridized carbons (Fsp3) is 0.300. The molecule has 1 amide bonds. The Kier molecular flexibility index (Phi) is 4.60. The highest BCUT2D eigenvalue weighted by Gasteiger charge is 2.13. The van der Waals surface area contributed by atoms with Gasteiger partial charge in [-0.1, -0.05) is 6.07 Å². The van der Waals surface area contributed by atoms with Gasteiger partial charge in [-0.15, -0.1) is 0 Å². The van der Waals surface area contributed by atoms with Gasteiger partial charge >= 0.3 is 0 Å². The fourth-order valence-electron chi connectivity index (χ4n) is 1.13. The number of hydrogen-bond donors (Lipinski definition) is 2. The quantitative estimate of drug-likeness (QED) is 0.891. The van der Waals surface area contributed by atoms with Crippen LogP contribution in [0, 0.1) is 0 Å². The van der Waals surface area contributed by atoms with Gasteiger partial charge in [0.2, 0.25) is 5.91 Å². The molecule has 1 atom stereocenters. The van der Waals surface area contributed by atoms with Crippen LogP contribution in [-0.2, 0) is 4.79 Å². The van der Waals surface area contributed by atoms with Crippen LogP contribution in [0.1, 0.15) is 6.92 Å². The number of anilines is 1. The minimum absolute atomic E-state index is 0.0438. The fourth-order valence-corrected chi connectivity index (χ4v) is 2.36. The molecule has 3 nitrogen and oxygen atoms in total. The molecule has 0 heterocycles. The first-order valence-electron chi connectivity index (χ1n) is 4.48. The monoisotopic (exact) mass is 334 g/mol. The van der Waals surface area contributed by atoms with Crippen LogP contribution in [0.25, 0.3) is 0 Å². The topological polar surface area (TPSA) is 41.1 Å². The minimum Gasteiger partial charge on any atom is -0.372 e. The van der Waals surface area contributed by atoms with Crippen LogP contribution in [-0.4, -0.2) is 19.0 Å². The Morgan fingerprint density at radius 2 is 1.87 bits per heavy atom. The van der Waals surface area contributed by atoms with Crippen molar-refractivity contribution in [2.75, 3.05) is 12.4 Å². The predicted molar refractivity (Wildman–Crippen MR) is 69.0 cm³/mol. The number of para-hydroxylation sites is 1. The van der Waals surface area contributed by atoms with E-state index in [0.29, 0.717) is 0 Å². The largest absolute Gasteiger partial charge is 0.372 e. The number of carbonyl (C=O) groups is 1. The van der Waals surface area contributed by atoms with Gasteiger partial charge in [-0.2, -0.15) is 0 Å². The molecular formula is C10H12Br2N2O. The molecule has 1 aromatic carbocycles. The van der Waals surface area contributed by atoms with Gasteiger partial charge in [-0.05, 0) is 50.9 Å². The first-order valence-corrected chi connectivity index (χ1v) is 6.07. The van der Waals surface area contributed by atoms with Crippen molar-refractivity contribution in [3.05, 3.63) is 27.1 Å². The summed E-state index contributed by atoms with van der Waals surface area (Å²) >= 11 is 6.84. The van der Waals surface area contributed by atoms with Gasteiger partial charge in [-0.3, -0.25) is 4.79 Å². The molecule has 0 aliphatic rings. The van der Waals surface area contributed by atoms with Crippen molar-refractivity contribution in [3.63, 3.8) is 0 Å². The van der Waals surface area contributed by atoms with E-state index in [4.69, 9.17) is 0 Å². The normalized spacial score (nSPS) is 12.0. The standard InChI is InChI=1S/C10H12Br2N2O/c1-6(10(15)13-2)14-9-7(11)4-3-5-8(9)12/h3-6,14H,1-2H3,(H,13,15). The third-order valence-electron chi connectivity index (χ3n) is 1.96. The average molecular weight is 336 g/mol. The third kappa shape index (κ3) is 3.21. The van der Waals surface area contributed by atoms with Crippen LogP contribution >= 0.6 is 31.9 Å². The summed E-state index contributed by atoms with van der Waals surface area (Å²) in [5, 5.41) is 5.72. The molecule has 2 N–H and O–H groups in total. The van der Waals surface area contributed by atoms with E-state index in [-0.39, 0.29) is 11.9 Å². The van der Waals surface area contributed by atoms with Crippen molar-refractivity contribution in [1.82, 2.24) is 5.32 Å². The second-order valence-electron chi connectivity index (χ2n) is 3.08. The lowest BCUT2D eigenvalue weighted by Gasteiger charge is -2.16. The molecule has 0 radical (unpaired) electrons. The number of likely N-dealkylation sites (N-methyl/N-ethyl adjacent to an activating group) is 1. The molecule has 0 bridgehead atoms. The van der Waals surface area contributed by atoms with E-state index in [1.807, 2.05) is 25.1 Å². The highest BCUT2D eigenvalue weighted by atomic mass is 79.9. The van der Waals surface area contributed by atoms with Crippen LogP contribution < -0.4 is 10.6 Å². The van der Waals surface area contributed by atoms with Crippen LogP contribution in [0.2, 0.25) is 0 Å². The molecule has 0 aliphatic heterocycles. The van der Waals surface area contributed by atoms with Crippen molar-refractivity contribution in [1.29, 1.82) is 0 Å². The van der Waals surface area contributed by atoms with Crippen molar-refractivity contribution in [2.24, 2.45) is 0 Å². The van der Waals surface area contributed by atoms with E-state index < -0.39 is 0 Å². The summed E-state index contributed by atoms with van der Waals surface area (Å²) in [4.78, 5) is 11.3. The Bertz CT molecular complexity index is 348. The second-order valence-corrected chi connectivity index (χ2v) is 4.79. The SMILES string of the molecule is CNC(=O)C(C)Nc1c(Br)cccc1Br. The molecule has 0 spiro atoms. The molecule has 1 rings (SSSR count). The molecule has 1 unspecified atom stereocenters. The summed E-state index contributed by atoms with van der Waals surface area (Å²) in [6, 6.07) is 5.49. The van der Waals surface area contributed by atoms with Gasteiger partial charge in [0, 0.05) is 16.0 Å². The van der Waals surface area contributed by atoms with E-state index >= 15 is 0 Å². The Morgan fingerprint density at radius 3 is 2.33 bits per heavy atom. The Morgan fingerprint density at radius 1 is 1.33 bits per heavy atom. The third-order valence-corrected chi connectivity index (χ3v) is 3.28. The van der Waals surface area contributed by atoms with Crippen molar-refractivity contribution in [2.45, 2.75) is 13.0 Å². The van der Waals surface area contributed by atoms with Gasteiger partial charge in [0.15, 0.2) is 0 Å². The molecule has 0 aliphatic carbocycles. The van der Waals surface area contributed by atoms with Crippen LogP contribution in [0.3, 0.4) is 0 Å². The summed E-state index contributed by atoms with van der Waals surface area (Å²) in [5.41, 5.74) is 0.883. The van der Waals surface area contributed by atoms with Crippen LogP contribution in [0.15, 0.2) is 27.1 Å². The summed E-state index contributed by atoms with van der Waals surface area (Å²) in [7, 11) is 1.62. The summed E-state index contributed by atoms with van der Waals surface area (Å²) < 4.78 is 1.85. The van der Waals surface area contributed by atoms with Gasteiger partial charge in [0.1, 0.15) is 6.04 Å². The molecule has 15 heavy (non-hydrogen) atoms. The number of halogens is 2. The number of carbonyl (C=O) groups excluding carboxylic acids is 1. The van der Waals surface area contributed by atoms with Crippen molar-refractivity contribution in [3.8, 4) is 0 Å². The number of nitrogens with one attached hydrogen (secondary N) is 2. The number of rotatable bonds is 3. The lowest BCUT2D eigenvalue weighted by molar-refractivity contribution is -0.121. The molecular weight excluding hydrogens is 324 g/mol. The lowest BCUT2D eigenvalue weighted by Crippen LogP contribution is -2.35. The molecule has 5 heteroatoms. The minimum atomic E-state index is -0.273. The van der Waals surface area contributed by atoms with E-state index in [2.05, 4.69) is 42.5 Å².